The van der Waals surface area contributed by atoms with Crippen LogP contribution in [0, 0.1) is 0 Å². The van der Waals surface area contributed by atoms with Gasteiger partial charge in [-0.25, -0.2) is 25.6 Å². The van der Waals surface area contributed by atoms with Crippen molar-refractivity contribution in [1.29, 1.82) is 0 Å². The molecule has 0 aliphatic heterocycles. The minimum atomic E-state index is -5.81. The largest absolute Gasteiger partial charge is 2.00 e. The molecule has 112 valence electrons. The van der Waals surface area contributed by atoms with Crippen molar-refractivity contribution in [3.05, 3.63) is 0 Å². The van der Waals surface area contributed by atoms with Crippen molar-refractivity contribution in [3.63, 3.8) is 0 Å². The van der Waals surface area contributed by atoms with E-state index in [0.717, 1.165) is 0 Å². The average molecular weight is 350 g/mol. The zero-order valence-corrected chi connectivity index (χ0v) is 11.7. The van der Waals surface area contributed by atoms with Gasteiger partial charge in [0.25, 0.3) is 0 Å². The molecule has 0 spiro atoms. The molecule has 0 bridgehead atoms. The predicted octanol–water partition coefficient (Wildman–Crippen LogP) is -0.193. The van der Waals surface area contributed by atoms with E-state index in [0.29, 0.717) is 0 Å². The third-order valence-electron chi connectivity index (χ3n) is 1.04. The van der Waals surface area contributed by atoms with Gasteiger partial charge in [-0.3, -0.25) is 0 Å². The molecule has 0 fully saturated rings. The Hall–Kier alpha value is 0.166. The fourth-order valence-electron chi connectivity index (χ4n) is 0.134. The van der Waals surface area contributed by atoms with Crippen molar-refractivity contribution in [1.82, 2.24) is 0 Å². The summed E-state index contributed by atoms with van der Waals surface area (Å²) < 4.78 is 123. The second-order valence-electron chi connectivity index (χ2n) is 2.45. The fraction of sp³-hybridized carbons (Fsp3) is 1.00. The van der Waals surface area contributed by atoms with Crippen molar-refractivity contribution < 1.29 is 52.3 Å². The normalized spacial score (nSPS) is 13.1. The van der Waals surface area contributed by atoms with Crippen LogP contribution in [0.2, 0.25) is 0 Å². The molecule has 0 aliphatic rings. The van der Waals surface area contributed by atoms with Crippen LogP contribution in [-0.4, -0.2) is 72.9 Å². The van der Waals surface area contributed by atoms with E-state index in [2.05, 4.69) is 0 Å². The van der Waals surface area contributed by atoms with Gasteiger partial charge in [0, 0.05) is 0 Å². The average Bonchev–Trinajstić information content (AvgIpc) is 2.15. The molecule has 0 N–H and O–H groups in total. The molecule has 0 aliphatic carbocycles. The second-order valence-corrected chi connectivity index (χ2v) is 5.46. The van der Waals surface area contributed by atoms with Gasteiger partial charge < -0.3 is 9.11 Å². The van der Waals surface area contributed by atoms with E-state index in [1.165, 1.54) is 0 Å². The Morgan fingerprint density at radius 3 is 0.895 bits per heavy atom. The van der Waals surface area contributed by atoms with E-state index in [1.54, 1.807) is 0 Å². The first-order valence-electron chi connectivity index (χ1n) is 3.41. The SMILES string of the molecule is O=S(=O)([O-])C(F)(F)CF.O=S(=O)([O-])C(F)(F)CF.[Mg+2]. The van der Waals surface area contributed by atoms with Gasteiger partial charge in [0.1, 0.15) is 0 Å². The molecule has 0 unspecified atom stereocenters. The van der Waals surface area contributed by atoms with E-state index in [1.807, 2.05) is 0 Å². The smallest absolute Gasteiger partial charge is 0.743 e. The second kappa shape index (κ2) is 7.82. The van der Waals surface area contributed by atoms with Crippen LogP contribution < -0.4 is 0 Å². The van der Waals surface area contributed by atoms with Gasteiger partial charge in [0.2, 0.25) is 0 Å². The quantitative estimate of drug-likeness (QED) is 0.394. The third-order valence-corrected chi connectivity index (χ3v) is 2.72. The van der Waals surface area contributed by atoms with Gasteiger partial charge in [-0.2, -0.15) is 17.6 Å². The van der Waals surface area contributed by atoms with Crippen LogP contribution in [0.3, 0.4) is 0 Å². The third kappa shape index (κ3) is 8.13. The van der Waals surface area contributed by atoms with E-state index < -0.39 is 44.1 Å². The van der Waals surface area contributed by atoms with Gasteiger partial charge in [-0.05, 0) is 0 Å². The standard InChI is InChI=1S/2C2H3F3O3S.Mg/c2*3-1-2(4,5)9(6,7)8;/h2*1H2,(H,6,7,8);/q;;+2/p-2. The molecular formula is C4H4F6MgO6S2. The van der Waals surface area contributed by atoms with Crippen LogP contribution in [0.15, 0.2) is 0 Å². The van der Waals surface area contributed by atoms with E-state index in [9.17, 15) is 52.3 Å². The summed E-state index contributed by atoms with van der Waals surface area (Å²) in [6.07, 6.45) is 0. The molecule has 0 radical (unpaired) electrons. The van der Waals surface area contributed by atoms with Crippen molar-refractivity contribution in [2.75, 3.05) is 13.3 Å². The molecule has 0 saturated carbocycles. The monoisotopic (exact) mass is 350 g/mol. The Labute approximate surface area is 119 Å². The Kier molecular flexibility index (Phi) is 9.96. The number of hydrogen-bond donors (Lipinski definition) is 0. The van der Waals surface area contributed by atoms with Crippen molar-refractivity contribution in [3.8, 4) is 0 Å². The van der Waals surface area contributed by atoms with Crippen molar-refractivity contribution >= 4 is 43.3 Å². The number of hydrogen-bond acceptors (Lipinski definition) is 6. The predicted molar refractivity (Wildman–Crippen MR) is 47.0 cm³/mol. The molecule has 0 aromatic carbocycles. The zero-order chi connectivity index (χ0) is 15.4. The molecule has 15 heteroatoms. The van der Waals surface area contributed by atoms with Gasteiger partial charge in [0.05, 0.1) is 0 Å². The first-order chi connectivity index (χ1) is 7.62. The molecular weight excluding hydrogens is 346 g/mol. The minimum absolute atomic E-state index is 0. The van der Waals surface area contributed by atoms with Crippen LogP contribution in [0.5, 0.6) is 0 Å². The molecule has 0 rings (SSSR count). The summed E-state index contributed by atoms with van der Waals surface area (Å²) in [6.45, 7) is -4.95. The maximum absolute atomic E-state index is 11.4. The van der Waals surface area contributed by atoms with Gasteiger partial charge in [-0.15, -0.1) is 0 Å². The molecule has 0 heterocycles. The minimum Gasteiger partial charge on any atom is -0.743 e. The Bertz CT molecular complexity index is 416. The van der Waals surface area contributed by atoms with Crippen molar-refractivity contribution in [2.24, 2.45) is 0 Å². The summed E-state index contributed by atoms with van der Waals surface area (Å²) in [5.74, 6) is 0. The van der Waals surface area contributed by atoms with Gasteiger partial charge in [0.15, 0.2) is 33.6 Å². The Morgan fingerprint density at radius 2 is 0.895 bits per heavy atom. The zero-order valence-electron chi connectivity index (χ0n) is 8.66. The van der Waals surface area contributed by atoms with E-state index in [4.69, 9.17) is 0 Å². The molecule has 6 nitrogen and oxygen atoms in total. The van der Waals surface area contributed by atoms with Crippen LogP contribution >= 0.6 is 0 Å². The summed E-state index contributed by atoms with van der Waals surface area (Å²) in [4.78, 5) is 0. The summed E-state index contributed by atoms with van der Waals surface area (Å²) in [5.41, 5.74) is 0. The van der Waals surface area contributed by atoms with Crippen molar-refractivity contribution in [2.45, 2.75) is 10.5 Å². The van der Waals surface area contributed by atoms with Crippen LogP contribution in [0.1, 0.15) is 0 Å². The molecule has 0 amide bonds. The fourth-order valence-corrected chi connectivity index (χ4v) is 0.401. The maximum atomic E-state index is 11.4. The first-order valence-corrected chi connectivity index (χ1v) is 6.22. The summed E-state index contributed by atoms with van der Waals surface area (Å²) in [5, 5.41) is -9.54. The van der Waals surface area contributed by atoms with Crippen LogP contribution in [0.25, 0.3) is 0 Å². The first kappa shape index (κ1) is 24.2. The molecule has 19 heavy (non-hydrogen) atoms. The topological polar surface area (TPSA) is 114 Å². The van der Waals surface area contributed by atoms with E-state index >= 15 is 0 Å². The summed E-state index contributed by atoms with van der Waals surface area (Å²) in [6, 6.07) is 0. The molecule has 0 saturated heterocycles. The molecule has 0 atom stereocenters. The summed E-state index contributed by atoms with van der Waals surface area (Å²) in [7, 11) is -11.6. The van der Waals surface area contributed by atoms with Gasteiger partial charge in [-0.1, -0.05) is 0 Å². The Morgan fingerprint density at radius 1 is 0.737 bits per heavy atom. The maximum Gasteiger partial charge on any atom is 2.00 e. The molecule has 0 aromatic heterocycles. The van der Waals surface area contributed by atoms with E-state index in [-0.39, 0.29) is 23.1 Å². The van der Waals surface area contributed by atoms with Gasteiger partial charge >= 0.3 is 33.6 Å². The summed E-state index contributed by atoms with van der Waals surface area (Å²) >= 11 is 0. The number of rotatable bonds is 4. The number of halogens is 6. The number of alkyl halides is 6. The molecule has 0 aromatic rings. The van der Waals surface area contributed by atoms with Crippen LogP contribution in [-0.2, 0) is 20.2 Å². The Balaban J connectivity index is -0.000000256. The van der Waals surface area contributed by atoms with Crippen LogP contribution in [0.4, 0.5) is 26.3 Å².